The van der Waals surface area contributed by atoms with Crippen molar-refractivity contribution in [3.63, 3.8) is 0 Å². The molecule has 8 heteroatoms. The molecule has 0 saturated heterocycles. The zero-order chi connectivity index (χ0) is 24.0. The summed E-state index contributed by atoms with van der Waals surface area (Å²) in [6, 6.07) is 5.83. The second-order valence-corrected chi connectivity index (χ2v) is 9.69. The fourth-order valence-corrected chi connectivity index (χ4v) is 4.06. The topological polar surface area (TPSA) is 105 Å². The monoisotopic (exact) mass is 454 g/mol. The molecular formula is C25H34N4O4. The van der Waals surface area contributed by atoms with Gasteiger partial charge in [0.15, 0.2) is 6.04 Å². The number of carbonyl (C=O) groups excluding carboxylic acids is 3. The molecule has 1 fully saturated rings. The molecule has 8 nitrogen and oxygen atoms in total. The van der Waals surface area contributed by atoms with Gasteiger partial charge in [-0.25, -0.2) is 0 Å². The van der Waals surface area contributed by atoms with Crippen LogP contribution in [-0.4, -0.2) is 39.2 Å². The van der Waals surface area contributed by atoms with Crippen LogP contribution in [0.3, 0.4) is 0 Å². The standard InChI is InChI=1S/C25H34N4O4/c1-17-12-13-20(33-17)21(22(30)28-25(2,3)4)29(16-18-9-8-14-26-15-18)24(32)23(31)27-19-10-6-5-7-11-19/h8-9,12-15,19,21H,5-7,10-11,16H2,1-4H3,(H,27,31)(H,28,30)/t21-/m0/s1. The van der Waals surface area contributed by atoms with E-state index < -0.39 is 29.3 Å². The van der Waals surface area contributed by atoms with E-state index in [0.29, 0.717) is 17.1 Å². The molecule has 1 aliphatic rings. The van der Waals surface area contributed by atoms with Crippen LogP contribution in [0.5, 0.6) is 0 Å². The first-order valence-corrected chi connectivity index (χ1v) is 11.5. The van der Waals surface area contributed by atoms with Gasteiger partial charge in [0.05, 0.1) is 0 Å². The lowest BCUT2D eigenvalue weighted by Gasteiger charge is -2.32. The molecule has 0 spiro atoms. The first kappa shape index (κ1) is 24.5. The number of nitrogens with one attached hydrogen (secondary N) is 2. The van der Waals surface area contributed by atoms with Crippen molar-refractivity contribution in [2.24, 2.45) is 0 Å². The van der Waals surface area contributed by atoms with Crippen molar-refractivity contribution in [3.8, 4) is 0 Å². The van der Waals surface area contributed by atoms with Gasteiger partial charge in [-0.05, 0) is 64.3 Å². The number of furan rings is 1. The number of nitrogens with zero attached hydrogens (tertiary/aromatic N) is 2. The average molecular weight is 455 g/mol. The minimum Gasteiger partial charge on any atom is -0.464 e. The van der Waals surface area contributed by atoms with Gasteiger partial charge >= 0.3 is 11.8 Å². The van der Waals surface area contributed by atoms with E-state index in [2.05, 4.69) is 15.6 Å². The van der Waals surface area contributed by atoms with E-state index in [9.17, 15) is 14.4 Å². The molecule has 2 N–H and O–H groups in total. The van der Waals surface area contributed by atoms with Crippen molar-refractivity contribution in [1.29, 1.82) is 0 Å². The van der Waals surface area contributed by atoms with E-state index in [1.54, 1.807) is 43.6 Å². The summed E-state index contributed by atoms with van der Waals surface area (Å²) >= 11 is 0. The highest BCUT2D eigenvalue weighted by molar-refractivity contribution is 6.35. The normalized spacial score (nSPS) is 15.5. The number of aromatic nitrogens is 1. The fraction of sp³-hybridized carbons (Fsp3) is 0.520. The lowest BCUT2D eigenvalue weighted by molar-refractivity contribution is -0.151. The van der Waals surface area contributed by atoms with Gasteiger partial charge in [-0.1, -0.05) is 25.3 Å². The zero-order valence-corrected chi connectivity index (χ0v) is 19.9. The Kier molecular flexibility index (Phi) is 7.89. The third-order valence-corrected chi connectivity index (χ3v) is 5.56. The van der Waals surface area contributed by atoms with Crippen LogP contribution in [0.4, 0.5) is 0 Å². The van der Waals surface area contributed by atoms with Gasteiger partial charge in [0, 0.05) is 30.5 Å². The maximum atomic E-state index is 13.5. The molecule has 0 aromatic carbocycles. The Morgan fingerprint density at radius 1 is 1.15 bits per heavy atom. The molecule has 178 valence electrons. The summed E-state index contributed by atoms with van der Waals surface area (Å²) in [5.74, 6) is -0.981. The van der Waals surface area contributed by atoms with Crippen LogP contribution in [0.1, 0.15) is 76.0 Å². The summed E-state index contributed by atoms with van der Waals surface area (Å²) in [6.07, 6.45) is 8.15. The molecule has 33 heavy (non-hydrogen) atoms. The van der Waals surface area contributed by atoms with Crippen LogP contribution in [0.2, 0.25) is 0 Å². The molecule has 2 aromatic rings. The number of pyridine rings is 1. The highest BCUT2D eigenvalue weighted by Crippen LogP contribution is 2.27. The van der Waals surface area contributed by atoms with Crippen LogP contribution in [0.15, 0.2) is 41.1 Å². The van der Waals surface area contributed by atoms with Gasteiger partial charge in [0.25, 0.3) is 5.91 Å². The Hall–Kier alpha value is -3.16. The van der Waals surface area contributed by atoms with Gasteiger partial charge in [0.2, 0.25) is 0 Å². The fourth-order valence-electron chi connectivity index (χ4n) is 4.06. The van der Waals surface area contributed by atoms with Crippen LogP contribution < -0.4 is 10.6 Å². The predicted molar refractivity (Wildman–Crippen MR) is 124 cm³/mol. The minimum atomic E-state index is -1.11. The Morgan fingerprint density at radius 3 is 2.45 bits per heavy atom. The Morgan fingerprint density at radius 2 is 1.88 bits per heavy atom. The quantitative estimate of drug-likeness (QED) is 0.651. The molecule has 3 amide bonds. The van der Waals surface area contributed by atoms with E-state index in [4.69, 9.17) is 4.42 Å². The summed E-state index contributed by atoms with van der Waals surface area (Å²) in [6.45, 7) is 7.38. The van der Waals surface area contributed by atoms with Crippen LogP contribution in [0.25, 0.3) is 0 Å². The average Bonchev–Trinajstić information content (AvgIpc) is 3.18. The number of hydrogen-bond donors (Lipinski definition) is 2. The third kappa shape index (κ3) is 6.91. The Bertz CT molecular complexity index is 958. The second kappa shape index (κ2) is 10.6. The summed E-state index contributed by atoms with van der Waals surface area (Å²) in [4.78, 5) is 45.3. The van der Waals surface area contributed by atoms with Crippen LogP contribution >= 0.6 is 0 Å². The Balaban J connectivity index is 1.95. The van der Waals surface area contributed by atoms with E-state index in [-0.39, 0.29) is 12.6 Å². The predicted octanol–water partition coefficient (Wildman–Crippen LogP) is 3.42. The van der Waals surface area contributed by atoms with Gasteiger partial charge in [-0.15, -0.1) is 0 Å². The largest absolute Gasteiger partial charge is 0.464 e. The smallest absolute Gasteiger partial charge is 0.313 e. The molecule has 1 atom stereocenters. The molecule has 0 unspecified atom stereocenters. The molecule has 1 aliphatic carbocycles. The van der Waals surface area contributed by atoms with Gasteiger partial charge in [0.1, 0.15) is 11.5 Å². The molecule has 0 aliphatic heterocycles. The number of rotatable bonds is 6. The maximum absolute atomic E-state index is 13.5. The molecule has 0 radical (unpaired) electrons. The lowest BCUT2D eigenvalue weighted by atomic mass is 9.95. The highest BCUT2D eigenvalue weighted by atomic mass is 16.3. The maximum Gasteiger partial charge on any atom is 0.313 e. The summed E-state index contributed by atoms with van der Waals surface area (Å²) in [5, 5.41) is 5.80. The van der Waals surface area contributed by atoms with Gasteiger partial charge in [-0.2, -0.15) is 0 Å². The number of aryl methyl sites for hydroxylation is 1. The first-order chi connectivity index (χ1) is 15.6. The molecule has 2 aromatic heterocycles. The number of carbonyl (C=O) groups is 3. The van der Waals surface area contributed by atoms with Gasteiger partial charge < -0.3 is 20.0 Å². The minimum absolute atomic E-state index is 0.0249. The molecule has 2 heterocycles. The van der Waals surface area contributed by atoms with Crippen molar-refractivity contribution < 1.29 is 18.8 Å². The van der Waals surface area contributed by atoms with E-state index >= 15 is 0 Å². The first-order valence-electron chi connectivity index (χ1n) is 11.5. The van der Waals surface area contributed by atoms with E-state index in [0.717, 1.165) is 32.1 Å². The van der Waals surface area contributed by atoms with Crippen molar-refractivity contribution in [2.45, 2.75) is 84.0 Å². The molecular weight excluding hydrogens is 420 g/mol. The van der Waals surface area contributed by atoms with Gasteiger partial charge in [-0.3, -0.25) is 19.4 Å². The van der Waals surface area contributed by atoms with E-state index in [1.807, 2.05) is 20.8 Å². The van der Waals surface area contributed by atoms with E-state index in [1.165, 1.54) is 4.90 Å². The SMILES string of the molecule is Cc1ccc([C@@H](C(=O)NC(C)(C)C)N(Cc2cccnc2)C(=O)C(=O)NC2CCCCC2)o1. The molecule has 3 rings (SSSR count). The van der Waals surface area contributed by atoms with Crippen molar-refractivity contribution in [1.82, 2.24) is 20.5 Å². The number of hydrogen-bond acceptors (Lipinski definition) is 5. The van der Waals surface area contributed by atoms with Crippen molar-refractivity contribution in [2.75, 3.05) is 0 Å². The summed E-state index contributed by atoms with van der Waals surface area (Å²) < 4.78 is 5.78. The van der Waals surface area contributed by atoms with Crippen LogP contribution in [-0.2, 0) is 20.9 Å². The molecule has 0 bridgehead atoms. The van der Waals surface area contributed by atoms with Crippen molar-refractivity contribution >= 4 is 17.7 Å². The second-order valence-electron chi connectivity index (χ2n) is 9.69. The summed E-state index contributed by atoms with van der Waals surface area (Å²) in [7, 11) is 0. The number of amides is 3. The van der Waals surface area contributed by atoms with Crippen molar-refractivity contribution in [3.05, 3.63) is 53.7 Å². The van der Waals surface area contributed by atoms with Crippen LogP contribution in [0, 0.1) is 6.92 Å². The lowest BCUT2D eigenvalue weighted by Crippen LogP contribution is -2.52. The molecule has 1 saturated carbocycles. The zero-order valence-electron chi connectivity index (χ0n) is 19.9. The summed E-state index contributed by atoms with van der Waals surface area (Å²) in [5.41, 5.74) is 0.165. The third-order valence-electron chi connectivity index (χ3n) is 5.56. The Labute approximate surface area is 195 Å². The highest BCUT2D eigenvalue weighted by Gasteiger charge is 2.38.